The second-order valence-electron chi connectivity index (χ2n) is 7.53. The highest BCUT2D eigenvalue weighted by atomic mass is 35.5. The first-order valence-electron chi connectivity index (χ1n) is 10.3. The van der Waals surface area contributed by atoms with Crippen molar-refractivity contribution in [2.24, 2.45) is 5.92 Å². The number of oxazole rings is 1. The van der Waals surface area contributed by atoms with E-state index >= 15 is 0 Å². The fourth-order valence-corrected chi connectivity index (χ4v) is 4.73. The highest BCUT2D eigenvalue weighted by molar-refractivity contribution is 7.14. The van der Waals surface area contributed by atoms with Gasteiger partial charge >= 0.3 is 0 Å². The molecular formula is C23H18ClN5O3S. The molecule has 1 saturated heterocycles. The average Bonchev–Trinajstić information content (AvgIpc) is 3.60. The molecule has 1 amide bonds. The number of piperidine rings is 1. The number of carbonyl (C=O) groups is 1. The van der Waals surface area contributed by atoms with E-state index in [1.165, 1.54) is 17.6 Å². The molecule has 33 heavy (non-hydrogen) atoms. The van der Waals surface area contributed by atoms with Gasteiger partial charge < -0.3 is 19.1 Å². The number of nitrogens with zero attached hydrogens (tertiary/aromatic N) is 4. The zero-order chi connectivity index (χ0) is 22.8. The first kappa shape index (κ1) is 21.2. The predicted octanol–water partition coefficient (Wildman–Crippen LogP) is 5.44. The molecule has 0 radical (unpaired) electrons. The minimum Gasteiger partial charge on any atom is -0.459 e. The van der Waals surface area contributed by atoms with Crippen molar-refractivity contribution < 1.29 is 13.6 Å². The molecule has 0 spiro atoms. The van der Waals surface area contributed by atoms with Gasteiger partial charge in [-0.25, -0.2) is 4.98 Å². The van der Waals surface area contributed by atoms with E-state index in [1.54, 1.807) is 12.1 Å². The summed E-state index contributed by atoms with van der Waals surface area (Å²) in [6, 6.07) is 13.0. The van der Waals surface area contributed by atoms with Gasteiger partial charge in [0.1, 0.15) is 6.07 Å². The molecule has 4 heterocycles. The molecule has 0 aliphatic carbocycles. The number of anilines is 2. The van der Waals surface area contributed by atoms with Crippen LogP contribution in [-0.4, -0.2) is 29.0 Å². The maximum atomic E-state index is 12.8. The van der Waals surface area contributed by atoms with Crippen molar-refractivity contribution in [2.75, 3.05) is 23.3 Å². The van der Waals surface area contributed by atoms with Crippen molar-refractivity contribution >= 4 is 39.9 Å². The lowest BCUT2D eigenvalue weighted by molar-refractivity contribution is -0.120. The van der Waals surface area contributed by atoms with Crippen LogP contribution in [0.25, 0.3) is 22.9 Å². The molecule has 5 rings (SSSR count). The van der Waals surface area contributed by atoms with Gasteiger partial charge in [0.25, 0.3) is 5.89 Å². The van der Waals surface area contributed by atoms with E-state index in [4.69, 9.17) is 20.4 Å². The van der Waals surface area contributed by atoms with Gasteiger partial charge in [-0.05, 0) is 31.0 Å². The molecule has 1 aromatic carbocycles. The number of thiazole rings is 1. The number of amides is 1. The molecule has 4 aromatic rings. The lowest BCUT2D eigenvalue weighted by atomic mass is 9.96. The number of furan rings is 1. The number of hydrogen-bond acceptors (Lipinski definition) is 8. The lowest BCUT2D eigenvalue weighted by Gasteiger charge is -2.30. The number of rotatable bonds is 5. The third-order valence-electron chi connectivity index (χ3n) is 5.48. The van der Waals surface area contributed by atoms with Crippen LogP contribution < -0.4 is 10.2 Å². The standard InChI is InChI=1S/C23H18ClN5O3S/c24-16-5-2-1-4-15(16)18-13-33-23(27-18)28-20(30)14-7-9-29(10-8-14)22-17(12-25)26-21(32-22)19-6-3-11-31-19/h1-6,11,13-14H,7-10H2,(H,27,28,30). The molecule has 1 fully saturated rings. The van der Waals surface area contributed by atoms with Gasteiger partial charge in [0.05, 0.1) is 12.0 Å². The van der Waals surface area contributed by atoms with Gasteiger partial charge in [-0.1, -0.05) is 29.8 Å². The van der Waals surface area contributed by atoms with Gasteiger partial charge in [-0.2, -0.15) is 10.2 Å². The fourth-order valence-electron chi connectivity index (χ4n) is 3.78. The number of nitriles is 1. The SMILES string of the molecule is N#Cc1nc(-c2ccco2)oc1N1CCC(C(=O)Nc2nc(-c3ccccc3Cl)cs2)CC1. The molecule has 1 aliphatic rings. The van der Waals surface area contributed by atoms with E-state index in [9.17, 15) is 10.1 Å². The predicted molar refractivity (Wildman–Crippen MR) is 125 cm³/mol. The van der Waals surface area contributed by atoms with Crippen LogP contribution in [0.3, 0.4) is 0 Å². The smallest absolute Gasteiger partial charge is 0.266 e. The maximum absolute atomic E-state index is 12.8. The quantitative estimate of drug-likeness (QED) is 0.406. The summed E-state index contributed by atoms with van der Waals surface area (Å²) >= 11 is 7.62. The fraction of sp³-hybridized carbons (Fsp3) is 0.217. The van der Waals surface area contributed by atoms with Crippen LogP contribution in [0.1, 0.15) is 18.5 Å². The van der Waals surface area contributed by atoms with Crippen molar-refractivity contribution in [3.05, 3.63) is 58.8 Å². The summed E-state index contributed by atoms with van der Waals surface area (Å²) in [7, 11) is 0. The van der Waals surface area contributed by atoms with Crippen molar-refractivity contribution in [1.82, 2.24) is 9.97 Å². The molecule has 3 aromatic heterocycles. The summed E-state index contributed by atoms with van der Waals surface area (Å²) in [6.45, 7) is 1.14. The highest BCUT2D eigenvalue weighted by Crippen LogP contribution is 2.33. The number of aromatic nitrogens is 2. The largest absolute Gasteiger partial charge is 0.459 e. The molecule has 1 aliphatic heterocycles. The van der Waals surface area contributed by atoms with E-state index < -0.39 is 0 Å². The number of halogens is 1. The Morgan fingerprint density at radius 1 is 1.21 bits per heavy atom. The van der Waals surface area contributed by atoms with Crippen molar-refractivity contribution in [2.45, 2.75) is 12.8 Å². The van der Waals surface area contributed by atoms with E-state index in [1.807, 2.05) is 34.5 Å². The van der Waals surface area contributed by atoms with Gasteiger partial charge in [0.2, 0.25) is 17.5 Å². The molecule has 0 atom stereocenters. The van der Waals surface area contributed by atoms with E-state index in [0.29, 0.717) is 47.7 Å². The van der Waals surface area contributed by atoms with Gasteiger partial charge in [-0.3, -0.25) is 4.79 Å². The number of nitrogens with one attached hydrogen (secondary N) is 1. The molecule has 0 saturated carbocycles. The second kappa shape index (κ2) is 9.10. The van der Waals surface area contributed by atoms with Crippen LogP contribution in [0.5, 0.6) is 0 Å². The molecular weight excluding hydrogens is 462 g/mol. The Bertz CT molecular complexity index is 1320. The van der Waals surface area contributed by atoms with Crippen molar-refractivity contribution in [1.29, 1.82) is 5.26 Å². The minimum absolute atomic E-state index is 0.0657. The summed E-state index contributed by atoms with van der Waals surface area (Å²) in [4.78, 5) is 23.5. The van der Waals surface area contributed by atoms with Crippen molar-refractivity contribution in [3.8, 4) is 29.0 Å². The summed E-state index contributed by atoms with van der Waals surface area (Å²) in [5, 5.41) is 15.4. The van der Waals surface area contributed by atoms with Crippen LogP contribution >= 0.6 is 22.9 Å². The van der Waals surface area contributed by atoms with Gasteiger partial charge in [0.15, 0.2) is 10.9 Å². The highest BCUT2D eigenvalue weighted by Gasteiger charge is 2.29. The first-order valence-corrected chi connectivity index (χ1v) is 11.6. The van der Waals surface area contributed by atoms with Gasteiger partial charge in [0, 0.05) is 35.0 Å². The molecule has 10 heteroatoms. The van der Waals surface area contributed by atoms with Crippen LogP contribution in [-0.2, 0) is 4.79 Å². The van der Waals surface area contributed by atoms with Gasteiger partial charge in [-0.15, -0.1) is 11.3 Å². The summed E-state index contributed by atoms with van der Waals surface area (Å²) < 4.78 is 11.1. The Hall–Kier alpha value is -3.61. The molecule has 0 unspecified atom stereocenters. The Morgan fingerprint density at radius 2 is 2.03 bits per heavy atom. The zero-order valence-electron chi connectivity index (χ0n) is 17.3. The first-order chi connectivity index (χ1) is 16.1. The third kappa shape index (κ3) is 4.35. The normalized spacial score (nSPS) is 14.2. The summed E-state index contributed by atoms with van der Waals surface area (Å²) in [5.41, 5.74) is 1.77. The average molecular weight is 480 g/mol. The topological polar surface area (TPSA) is 108 Å². The second-order valence-corrected chi connectivity index (χ2v) is 8.80. The Labute approximate surface area is 198 Å². The van der Waals surface area contributed by atoms with Crippen molar-refractivity contribution in [3.63, 3.8) is 0 Å². The van der Waals surface area contributed by atoms with E-state index in [-0.39, 0.29) is 23.4 Å². The number of benzene rings is 1. The van der Waals surface area contributed by atoms with Crippen LogP contribution in [0.4, 0.5) is 11.0 Å². The molecule has 1 N–H and O–H groups in total. The Balaban J connectivity index is 1.22. The summed E-state index contributed by atoms with van der Waals surface area (Å²) in [5.74, 6) is 0.916. The number of hydrogen-bond donors (Lipinski definition) is 1. The van der Waals surface area contributed by atoms with Crippen LogP contribution in [0.15, 0.2) is 56.9 Å². The Kier molecular flexibility index (Phi) is 5.86. The maximum Gasteiger partial charge on any atom is 0.266 e. The minimum atomic E-state index is -0.160. The number of carbonyl (C=O) groups excluding carboxylic acids is 1. The third-order valence-corrected chi connectivity index (χ3v) is 6.57. The Morgan fingerprint density at radius 3 is 2.76 bits per heavy atom. The van der Waals surface area contributed by atoms with E-state index in [0.717, 1.165) is 11.3 Å². The van der Waals surface area contributed by atoms with E-state index in [2.05, 4.69) is 21.4 Å². The van der Waals surface area contributed by atoms with Crippen LogP contribution in [0, 0.1) is 17.2 Å². The molecule has 0 bridgehead atoms. The molecule has 8 nitrogen and oxygen atoms in total. The lowest BCUT2D eigenvalue weighted by Crippen LogP contribution is -2.38. The van der Waals surface area contributed by atoms with Crippen LogP contribution in [0.2, 0.25) is 5.02 Å². The summed E-state index contributed by atoms with van der Waals surface area (Å²) in [6.07, 6.45) is 2.77. The zero-order valence-corrected chi connectivity index (χ0v) is 18.9. The molecule has 166 valence electrons. The monoisotopic (exact) mass is 479 g/mol.